The van der Waals surface area contributed by atoms with Gasteiger partial charge in [0.1, 0.15) is 0 Å². The maximum absolute atomic E-state index is 3.97. The van der Waals surface area contributed by atoms with Gasteiger partial charge >= 0.3 is 0 Å². The van der Waals surface area contributed by atoms with E-state index in [1.807, 2.05) is 20.8 Å². The summed E-state index contributed by atoms with van der Waals surface area (Å²) in [5, 5.41) is 3.18. The van der Waals surface area contributed by atoms with Crippen molar-refractivity contribution in [3.05, 3.63) is 0 Å². The normalized spacial score (nSPS) is 10.1. The summed E-state index contributed by atoms with van der Waals surface area (Å²) < 4.78 is 0. The molecule has 0 aromatic rings. The van der Waals surface area contributed by atoms with Gasteiger partial charge in [0.15, 0.2) is 0 Å². The van der Waals surface area contributed by atoms with Crippen LogP contribution in [-0.4, -0.2) is 19.4 Å². The predicted octanol–water partition coefficient (Wildman–Crippen LogP) is 2.45. The predicted molar refractivity (Wildman–Crippen MR) is 53.3 cm³/mol. The van der Waals surface area contributed by atoms with E-state index in [4.69, 9.17) is 0 Å². The van der Waals surface area contributed by atoms with Gasteiger partial charge in [-0.2, -0.15) is 0 Å². The van der Waals surface area contributed by atoms with Crippen LogP contribution in [0.1, 0.15) is 40.5 Å². The quantitative estimate of drug-likeness (QED) is 0.381. The Morgan fingerprint density at radius 1 is 1.36 bits per heavy atom. The van der Waals surface area contributed by atoms with Crippen LogP contribution in [0.2, 0.25) is 0 Å². The van der Waals surface area contributed by atoms with Gasteiger partial charge in [-0.15, -0.1) is 0 Å². The summed E-state index contributed by atoms with van der Waals surface area (Å²) in [7, 11) is 1.80. The molecule has 1 N–H and O–H groups in total. The Hall–Kier alpha value is -0.530. The first kappa shape index (κ1) is 13.1. The van der Waals surface area contributed by atoms with Crippen LogP contribution in [0.5, 0.6) is 0 Å². The van der Waals surface area contributed by atoms with Crippen molar-refractivity contribution in [2.75, 3.05) is 13.6 Å². The molecule has 0 atom stereocenters. The molecule has 0 heterocycles. The Labute approximate surface area is 71.1 Å². The first-order valence-corrected chi connectivity index (χ1v) is 4.48. The summed E-state index contributed by atoms with van der Waals surface area (Å²) in [6, 6.07) is 0. The minimum atomic E-state index is 1.03. The third kappa shape index (κ3) is 12.6. The molecule has 0 radical (unpaired) electrons. The summed E-state index contributed by atoms with van der Waals surface area (Å²) in [6.07, 6.45) is 2.47. The molecular weight excluding hydrogens is 136 g/mol. The summed E-state index contributed by atoms with van der Waals surface area (Å²) in [5.41, 5.74) is 0. The fourth-order valence-corrected chi connectivity index (χ4v) is 0.525. The minimum absolute atomic E-state index is 1.03. The smallest absolute Gasteiger partial charge is 0.0928 e. The van der Waals surface area contributed by atoms with Gasteiger partial charge in [0.25, 0.3) is 0 Å². The van der Waals surface area contributed by atoms with E-state index in [0.29, 0.717) is 0 Å². The fourth-order valence-electron chi connectivity index (χ4n) is 0.525. The van der Waals surface area contributed by atoms with Gasteiger partial charge in [-0.05, 0) is 13.3 Å². The van der Waals surface area contributed by atoms with Crippen molar-refractivity contribution < 1.29 is 0 Å². The average Bonchev–Trinajstić information content (AvgIpc) is 2.08. The van der Waals surface area contributed by atoms with Crippen molar-refractivity contribution in [2.45, 2.75) is 40.5 Å². The van der Waals surface area contributed by atoms with Crippen LogP contribution in [-0.2, 0) is 0 Å². The molecule has 68 valence electrons. The Bertz CT molecular complexity index is 87.6. The molecule has 0 rings (SSSR count). The van der Waals surface area contributed by atoms with E-state index in [1.165, 1.54) is 12.8 Å². The molecule has 0 aliphatic carbocycles. The first-order chi connectivity index (χ1) is 5.31. The molecule has 0 unspecified atom stereocenters. The standard InChI is InChI=1S/C7H16N2.C2H6/c1-4-5-6-9-7(2)8-3;1-2/h4-6H2,1-3H3,(H,8,9);1-2H3. The topological polar surface area (TPSA) is 24.4 Å². The maximum atomic E-state index is 3.97. The Kier molecular flexibility index (Phi) is 14.5. The van der Waals surface area contributed by atoms with Crippen molar-refractivity contribution in [2.24, 2.45) is 4.99 Å². The molecule has 0 aromatic carbocycles. The number of rotatable bonds is 3. The van der Waals surface area contributed by atoms with Crippen LogP contribution in [0.3, 0.4) is 0 Å². The highest BCUT2D eigenvalue weighted by Gasteiger charge is 1.84. The molecule has 0 saturated carbocycles. The van der Waals surface area contributed by atoms with E-state index < -0.39 is 0 Å². The summed E-state index contributed by atoms with van der Waals surface area (Å²) in [5.74, 6) is 1.03. The van der Waals surface area contributed by atoms with E-state index in [-0.39, 0.29) is 0 Å². The van der Waals surface area contributed by atoms with Crippen molar-refractivity contribution in [1.82, 2.24) is 5.32 Å². The largest absolute Gasteiger partial charge is 0.374 e. The van der Waals surface area contributed by atoms with Crippen molar-refractivity contribution >= 4 is 5.84 Å². The lowest BCUT2D eigenvalue weighted by Crippen LogP contribution is -2.20. The molecule has 0 aliphatic rings. The number of nitrogens with one attached hydrogen (secondary N) is 1. The number of hydrogen-bond donors (Lipinski definition) is 1. The molecule has 0 amide bonds. The molecule has 2 heteroatoms. The zero-order valence-electron chi connectivity index (χ0n) is 8.57. The highest BCUT2D eigenvalue weighted by atomic mass is 15.0. The third-order valence-corrected chi connectivity index (χ3v) is 1.25. The number of amidine groups is 1. The van der Waals surface area contributed by atoms with Crippen LogP contribution < -0.4 is 5.32 Å². The second kappa shape index (κ2) is 12.2. The van der Waals surface area contributed by atoms with E-state index >= 15 is 0 Å². The lowest BCUT2D eigenvalue weighted by molar-refractivity contribution is 0.752. The summed E-state index contributed by atoms with van der Waals surface area (Å²) >= 11 is 0. The maximum Gasteiger partial charge on any atom is 0.0928 e. The van der Waals surface area contributed by atoms with Crippen LogP contribution in [0.4, 0.5) is 0 Å². The molecule has 0 saturated heterocycles. The highest BCUT2D eigenvalue weighted by molar-refractivity contribution is 5.79. The second-order valence-electron chi connectivity index (χ2n) is 2.09. The van der Waals surface area contributed by atoms with Gasteiger partial charge in [-0.25, -0.2) is 0 Å². The highest BCUT2D eigenvalue weighted by Crippen LogP contribution is 1.81. The number of nitrogens with zero attached hydrogens (tertiary/aromatic N) is 1. The van der Waals surface area contributed by atoms with Crippen LogP contribution in [0, 0.1) is 0 Å². The zero-order chi connectivity index (χ0) is 9.11. The lowest BCUT2D eigenvalue weighted by Gasteiger charge is -2.01. The van der Waals surface area contributed by atoms with E-state index in [0.717, 1.165) is 12.4 Å². The summed E-state index contributed by atoms with van der Waals surface area (Å²) in [4.78, 5) is 3.97. The van der Waals surface area contributed by atoms with Crippen LogP contribution >= 0.6 is 0 Å². The van der Waals surface area contributed by atoms with Crippen molar-refractivity contribution in [1.29, 1.82) is 0 Å². The third-order valence-electron chi connectivity index (χ3n) is 1.25. The Balaban J connectivity index is 0. The van der Waals surface area contributed by atoms with Gasteiger partial charge in [-0.3, -0.25) is 4.99 Å². The second-order valence-corrected chi connectivity index (χ2v) is 2.09. The SMILES string of the molecule is CC.CCCCNC(C)=NC. The summed E-state index contributed by atoms with van der Waals surface area (Å²) in [6.45, 7) is 9.22. The van der Waals surface area contributed by atoms with Gasteiger partial charge in [0.05, 0.1) is 5.84 Å². The number of hydrogen-bond acceptors (Lipinski definition) is 1. The fraction of sp³-hybridized carbons (Fsp3) is 0.889. The monoisotopic (exact) mass is 158 g/mol. The van der Waals surface area contributed by atoms with Crippen molar-refractivity contribution in [3.63, 3.8) is 0 Å². The molecule has 0 aromatic heterocycles. The molecular formula is C9H22N2. The first-order valence-electron chi connectivity index (χ1n) is 4.48. The molecule has 0 spiro atoms. The Morgan fingerprint density at radius 2 is 1.91 bits per heavy atom. The van der Waals surface area contributed by atoms with E-state index in [2.05, 4.69) is 17.2 Å². The minimum Gasteiger partial charge on any atom is -0.374 e. The van der Waals surface area contributed by atoms with Gasteiger partial charge in [0.2, 0.25) is 0 Å². The number of aliphatic imine (C=N–C) groups is 1. The van der Waals surface area contributed by atoms with E-state index in [1.54, 1.807) is 7.05 Å². The van der Waals surface area contributed by atoms with Crippen molar-refractivity contribution in [3.8, 4) is 0 Å². The molecule has 0 fully saturated rings. The van der Waals surface area contributed by atoms with E-state index in [9.17, 15) is 0 Å². The van der Waals surface area contributed by atoms with Gasteiger partial charge in [0, 0.05) is 13.6 Å². The van der Waals surface area contributed by atoms with Crippen LogP contribution in [0.25, 0.3) is 0 Å². The van der Waals surface area contributed by atoms with Gasteiger partial charge in [-0.1, -0.05) is 27.2 Å². The average molecular weight is 158 g/mol. The number of unbranched alkanes of at least 4 members (excludes halogenated alkanes) is 1. The Morgan fingerprint density at radius 3 is 2.27 bits per heavy atom. The zero-order valence-corrected chi connectivity index (χ0v) is 8.57. The van der Waals surface area contributed by atoms with Crippen LogP contribution in [0.15, 0.2) is 4.99 Å². The molecule has 0 bridgehead atoms. The molecule has 2 nitrogen and oxygen atoms in total. The lowest BCUT2D eigenvalue weighted by atomic mass is 10.3. The molecule has 0 aliphatic heterocycles. The van der Waals surface area contributed by atoms with Gasteiger partial charge < -0.3 is 5.32 Å². The molecule has 11 heavy (non-hydrogen) atoms.